The zero-order valence-corrected chi connectivity index (χ0v) is 19.1. The number of aromatic nitrogens is 1. The van der Waals surface area contributed by atoms with E-state index >= 15 is 0 Å². The van der Waals surface area contributed by atoms with Gasteiger partial charge in [-0.3, -0.25) is 14.9 Å². The zero-order valence-electron chi connectivity index (χ0n) is 18.3. The van der Waals surface area contributed by atoms with Crippen LogP contribution in [0.4, 0.5) is 5.69 Å². The van der Waals surface area contributed by atoms with E-state index in [-0.39, 0.29) is 10.7 Å². The fourth-order valence-corrected chi connectivity index (χ4v) is 4.22. The lowest BCUT2D eigenvalue weighted by atomic mass is 10.1. The van der Waals surface area contributed by atoms with E-state index in [1.54, 1.807) is 30.3 Å². The number of amides is 2. The number of methoxy groups -OCH3 is 1. The molecule has 2 heterocycles. The van der Waals surface area contributed by atoms with Crippen LogP contribution in [0.25, 0.3) is 11.8 Å². The minimum Gasteiger partial charge on any atom is -0.495 e. The molecule has 32 heavy (non-hydrogen) atoms. The van der Waals surface area contributed by atoms with E-state index in [9.17, 15) is 9.59 Å². The number of aryl methyl sites for hydroxylation is 2. The summed E-state index contributed by atoms with van der Waals surface area (Å²) in [6, 6.07) is 17.2. The number of ether oxygens (including phenoxy) is 1. The van der Waals surface area contributed by atoms with Crippen molar-refractivity contribution < 1.29 is 14.3 Å². The monoisotopic (exact) mass is 445 g/mol. The number of nitrogens with one attached hydrogen (secondary N) is 1. The number of para-hydroxylation sites is 2. The average Bonchev–Trinajstić information content (AvgIpc) is 3.04. The minimum absolute atomic E-state index is 0.00833. The van der Waals surface area contributed by atoms with Gasteiger partial charge in [0, 0.05) is 17.1 Å². The summed E-state index contributed by atoms with van der Waals surface area (Å²) >= 11 is 5.30. The van der Waals surface area contributed by atoms with Gasteiger partial charge in [0.25, 0.3) is 11.8 Å². The van der Waals surface area contributed by atoms with Crippen LogP contribution in [0.1, 0.15) is 22.5 Å². The number of carbonyl (C=O) groups excluding carboxylic acids is 2. The van der Waals surface area contributed by atoms with Gasteiger partial charge in [-0.25, -0.2) is 4.90 Å². The second kappa shape index (κ2) is 8.43. The zero-order chi connectivity index (χ0) is 23.0. The normalized spacial score (nSPS) is 15.3. The Balaban J connectivity index is 1.79. The highest BCUT2D eigenvalue weighted by Gasteiger charge is 2.36. The summed E-state index contributed by atoms with van der Waals surface area (Å²) in [5.41, 5.74) is 5.38. The Labute approximate surface area is 192 Å². The molecule has 2 aromatic carbocycles. The van der Waals surface area contributed by atoms with Crippen LogP contribution < -0.4 is 15.0 Å². The molecular formula is C25H23N3O3S. The van der Waals surface area contributed by atoms with Gasteiger partial charge in [0.1, 0.15) is 11.3 Å². The highest BCUT2D eigenvalue weighted by atomic mass is 32.1. The van der Waals surface area contributed by atoms with Crippen molar-refractivity contribution in [1.29, 1.82) is 0 Å². The molecule has 0 spiro atoms. The summed E-state index contributed by atoms with van der Waals surface area (Å²) in [6.07, 6.45) is 1.62. The van der Waals surface area contributed by atoms with Crippen LogP contribution in [0.5, 0.6) is 5.75 Å². The van der Waals surface area contributed by atoms with E-state index in [1.807, 2.05) is 45.0 Å². The van der Waals surface area contributed by atoms with Crippen LogP contribution in [0, 0.1) is 20.8 Å². The van der Waals surface area contributed by atoms with E-state index < -0.39 is 11.8 Å². The van der Waals surface area contributed by atoms with Crippen molar-refractivity contribution >= 4 is 40.9 Å². The molecule has 6 nitrogen and oxygen atoms in total. The first-order valence-corrected chi connectivity index (χ1v) is 10.5. The molecule has 2 amide bonds. The van der Waals surface area contributed by atoms with Crippen LogP contribution in [0.2, 0.25) is 0 Å². The number of benzene rings is 2. The molecule has 1 aliphatic heterocycles. The van der Waals surface area contributed by atoms with Gasteiger partial charge in [-0.15, -0.1) is 0 Å². The predicted octanol–water partition coefficient (Wildman–Crippen LogP) is 4.24. The van der Waals surface area contributed by atoms with Gasteiger partial charge in [0.15, 0.2) is 5.11 Å². The molecule has 0 bridgehead atoms. The summed E-state index contributed by atoms with van der Waals surface area (Å²) in [4.78, 5) is 27.4. The maximum Gasteiger partial charge on any atom is 0.270 e. The van der Waals surface area contributed by atoms with Gasteiger partial charge in [0.05, 0.1) is 12.8 Å². The summed E-state index contributed by atoms with van der Waals surface area (Å²) in [5.74, 6) is -0.536. The van der Waals surface area contributed by atoms with E-state index in [0.29, 0.717) is 11.4 Å². The van der Waals surface area contributed by atoms with E-state index in [0.717, 1.165) is 28.2 Å². The molecule has 0 unspecified atom stereocenters. The summed E-state index contributed by atoms with van der Waals surface area (Å²) in [5, 5.41) is 2.65. The lowest BCUT2D eigenvalue weighted by molar-refractivity contribution is -0.122. The molecule has 1 aliphatic rings. The minimum atomic E-state index is -0.522. The van der Waals surface area contributed by atoms with Crippen LogP contribution in [0.15, 0.2) is 60.2 Å². The Bertz CT molecular complexity index is 1290. The van der Waals surface area contributed by atoms with Crippen molar-refractivity contribution in [1.82, 2.24) is 9.88 Å². The van der Waals surface area contributed by atoms with Crippen molar-refractivity contribution in [2.75, 3.05) is 12.0 Å². The maximum atomic E-state index is 13.4. The Kier molecular flexibility index (Phi) is 5.67. The topological polar surface area (TPSA) is 63.6 Å². The number of rotatable bonds is 4. The number of carbonyl (C=O) groups is 2. The molecule has 162 valence electrons. The average molecular weight is 446 g/mol. The van der Waals surface area contributed by atoms with Crippen molar-refractivity contribution in [3.63, 3.8) is 0 Å². The number of nitrogens with zero attached hydrogens (tertiary/aromatic N) is 2. The Morgan fingerprint density at radius 3 is 2.47 bits per heavy atom. The standard InChI is InChI=1S/C25H23N3O3S/c1-15-8-7-9-19(12-15)27-16(2)13-18(17(27)3)14-20-23(29)26-25(32)28(24(20)30)21-10-5-6-11-22(21)31-4/h5-14H,1-4H3,(H,26,29,32)/b20-14+. The quantitative estimate of drug-likeness (QED) is 0.371. The lowest BCUT2D eigenvalue weighted by Gasteiger charge is -2.29. The molecule has 0 atom stereocenters. The molecule has 0 radical (unpaired) electrons. The van der Waals surface area contributed by atoms with Crippen LogP contribution in [0.3, 0.4) is 0 Å². The fourth-order valence-electron chi connectivity index (χ4n) is 3.94. The Hall–Kier alpha value is -3.71. The van der Waals surface area contributed by atoms with Gasteiger partial charge in [0.2, 0.25) is 0 Å². The highest BCUT2D eigenvalue weighted by Crippen LogP contribution is 2.31. The van der Waals surface area contributed by atoms with Crippen molar-refractivity contribution in [3.05, 3.63) is 82.7 Å². The molecule has 1 fully saturated rings. The first kappa shape index (κ1) is 21.5. The van der Waals surface area contributed by atoms with Gasteiger partial charge in [-0.2, -0.15) is 0 Å². The molecule has 1 N–H and O–H groups in total. The van der Waals surface area contributed by atoms with E-state index in [1.165, 1.54) is 12.0 Å². The van der Waals surface area contributed by atoms with Crippen LogP contribution in [-0.2, 0) is 9.59 Å². The molecule has 3 aromatic rings. The summed E-state index contributed by atoms with van der Waals surface area (Å²) in [6.45, 7) is 6.01. The third-order valence-corrected chi connectivity index (χ3v) is 5.74. The van der Waals surface area contributed by atoms with Gasteiger partial charge >= 0.3 is 0 Å². The van der Waals surface area contributed by atoms with Crippen molar-refractivity contribution in [3.8, 4) is 11.4 Å². The molecule has 0 saturated carbocycles. The smallest absolute Gasteiger partial charge is 0.270 e. The Morgan fingerprint density at radius 2 is 1.75 bits per heavy atom. The molecule has 1 aromatic heterocycles. The lowest BCUT2D eigenvalue weighted by Crippen LogP contribution is -2.54. The highest BCUT2D eigenvalue weighted by molar-refractivity contribution is 7.80. The third kappa shape index (κ3) is 3.71. The van der Waals surface area contributed by atoms with Crippen molar-refractivity contribution in [2.24, 2.45) is 0 Å². The molecule has 0 aliphatic carbocycles. The fraction of sp³-hybridized carbons (Fsp3) is 0.160. The number of thiocarbonyl (C=S) groups is 1. The summed E-state index contributed by atoms with van der Waals surface area (Å²) in [7, 11) is 1.52. The number of anilines is 1. The third-order valence-electron chi connectivity index (χ3n) is 5.46. The second-order valence-corrected chi connectivity index (χ2v) is 8.02. The molecule has 1 saturated heterocycles. The summed E-state index contributed by atoms with van der Waals surface area (Å²) < 4.78 is 7.49. The largest absolute Gasteiger partial charge is 0.495 e. The van der Waals surface area contributed by atoms with Gasteiger partial charge in [-0.05, 0) is 80.5 Å². The van der Waals surface area contributed by atoms with Crippen molar-refractivity contribution in [2.45, 2.75) is 20.8 Å². The second-order valence-electron chi connectivity index (χ2n) is 7.63. The first-order chi connectivity index (χ1) is 15.3. The molecule has 4 rings (SSSR count). The first-order valence-electron chi connectivity index (χ1n) is 10.1. The number of hydrogen-bond donors (Lipinski definition) is 1. The number of hydrogen-bond acceptors (Lipinski definition) is 4. The Morgan fingerprint density at radius 1 is 1.00 bits per heavy atom. The predicted molar refractivity (Wildman–Crippen MR) is 129 cm³/mol. The van der Waals surface area contributed by atoms with Gasteiger partial charge < -0.3 is 9.30 Å². The maximum absolute atomic E-state index is 13.4. The van der Waals surface area contributed by atoms with Gasteiger partial charge in [-0.1, -0.05) is 24.3 Å². The van der Waals surface area contributed by atoms with E-state index in [4.69, 9.17) is 17.0 Å². The van der Waals surface area contributed by atoms with Crippen LogP contribution in [-0.4, -0.2) is 28.6 Å². The van der Waals surface area contributed by atoms with E-state index in [2.05, 4.69) is 16.0 Å². The van der Waals surface area contributed by atoms with Crippen LogP contribution >= 0.6 is 12.2 Å². The molecule has 7 heteroatoms. The SMILES string of the molecule is COc1ccccc1N1C(=O)/C(=C/c2cc(C)n(-c3cccc(C)c3)c2C)C(=O)NC1=S. The molecular weight excluding hydrogens is 422 g/mol.